The molecule has 0 spiro atoms. The molecule has 0 saturated heterocycles. The van der Waals surface area contributed by atoms with E-state index in [-0.39, 0.29) is 25.5 Å². The lowest BCUT2D eigenvalue weighted by atomic mass is 9.80. The molecule has 3 N–H and O–H groups in total. The number of amides is 1. The largest absolute Gasteiger partial charge is 0.494 e. The predicted molar refractivity (Wildman–Crippen MR) is 165 cm³/mol. The Bertz CT molecular complexity index is 1440. The summed E-state index contributed by atoms with van der Waals surface area (Å²) in [6, 6.07) is 22.5. The Morgan fingerprint density at radius 1 is 1.14 bits per heavy atom. The molecule has 10 nitrogen and oxygen atoms in total. The fourth-order valence-corrected chi connectivity index (χ4v) is 5.10. The van der Waals surface area contributed by atoms with Crippen LogP contribution in [0.2, 0.25) is 0 Å². The van der Waals surface area contributed by atoms with Gasteiger partial charge in [-0.25, -0.2) is 10.4 Å². The molecule has 4 rings (SSSR count). The van der Waals surface area contributed by atoms with E-state index >= 15 is 0 Å². The van der Waals surface area contributed by atoms with Gasteiger partial charge in [0.05, 0.1) is 13.2 Å². The van der Waals surface area contributed by atoms with E-state index in [1.54, 1.807) is 12.1 Å². The lowest BCUT2D eigenvalue weighted by Gasteiger charge is -2.32. The van der Waals surface area contributed by atoms with E-state index in [0.29, 0.717) is 48.3 Å². The van der Waals surface area contributed by atoms with Crippen LogP contribution in [0.3, 0.4) is 0 Å². The third-order valence-electron chi connectivity index (χ3n) is 6.80. The van der Waals surface area contributed by atoms with Gasteiger partial charge in [0.2, 0.25) is 5.90 Å². The van der Waals surface area contributed by atoms with Crippen LogP contribution < -0.4 is 15.6 Å². The first-order valence-electron chi connectivity index (χ1n) is 13.8. The van der Waals surface area contributed by atoms with Crippen molar-refractivity contribution in [3.8, 4) is 5.75 Å². The molecule has 3 aromatic rings. The number of hydrazine groups is 1. The van der Waals surface area contributed by atoms with E-state index in [2.05, 4.69) is 50.7 Å². The number of azide groups is 1. The van der Waals surface area contributed by atoms with E-state index in [1.807, 2.05) is 60.7 Å². The first-order chi connectivity index (χ1) is 20.4. The normalized spacial score (nSPS) is 17.7. The Kier molecular flexibility index (Phi) is 11.0. The fourth-order valence-electron chi connectivity index (χ4n) is 4.68. The lowest BCUT2D eigenvalue weighted by Crippen LogP contribution is -2.54. The van der Waals surface area contributed by atoms with Gasteiger partial charge in [-0.05, 0) is 58.5 Å². The summed E-state index contributed by atoms with van der Waals surface area (Å²) >= 11 is 3.65. The fraction of sp³-hybridized carbons (Fsp3) is 0.355. The summed E-state index contributed by atoms with van der Waals surface area (Å²) in [6.07, 6.45) is -0.0619. The lowest BCUT2D eigenvalue weighted by molar-refractivity contribution is -0.130. The third-order valence-corrected chi connectivity index (χ3v) is 7.58. The number of hydrogen-bond donors (Lipinski definition) is 3. The second kappa shape index (κ2) is 14.8. The smallest absolute Gasteiger partial charge is 0.266 e. The first kappa shape index (κ1) is 31.1. The minimum atomic E-state index is -1.41. The van der Waals surface area contributed by atoms with Crippen molar-refractivity contribution in [3.63, 3.8) is 0 Å². The van der Waals surface area contributed by atoms with Crippen molar-refractivity contribution in [2.45, 2.75) is 44.9 Å². The molecular formula is C31H35BrN6O4. The Morgan fingerprint density at radius 2 is 1.86 bits per heavy atom. The van der Waals surface area contributed by atoms with Crippen LogP contribution >= 0.6 is 15.9 Å². The first-order valence-corrected chi connectivity index (χ1v) is 14.6. The van der Waals surface area contributed by atoms with E-state index in [1.165, 1.54) is 0 Å². The molecule has 1 aliphatic rings. The number of rotatable bonds is 14. The van der Waals surface area contributed by atoms with Crippen molar-refractivity contribution >= 4 is 27.7 Å². The molecule has 2 atom stereocenters. The van der Waals surface area contributed by atoms with Crippen molar-refractivity contribution < 1.29 is 19.4 Å². The van der Waals surface area contributed by atoms with Gasteiger partial charge >= 0.3 is 0 Å². The number of aliphatic hydroxyl groups is 1. The highest BCUT2D eigenvalue weighted by atomic mass is 79.9. The number of benzene rings is 3. The van der Waals surface area contributed by atoms with Gasteiger partial charge in [-0.3, -0.25) is 10.2 Å². The zero-order chi connectivity index (χ0) is 30.0. The predicted octanol–water partition coefficient (Wildman–Crippen LogP) is 5.80. The van der Waals surface area contributed by atoms with Crippen LogP contribution in [0.5, 0.6) is 5.75 Å². The second-order valence-electron chi connectivity index (χ2n) is 10.4. The number of nitrogens with one attached hydrogen (secondary N) is 2. The number of aliphatic hydroxyl groups excluding tert-OH is 1. The summed E-state index contributed by atoms with van der Waals surface area (Å²) in [6.45, 7) is 5.23. The summed E-state index contributed by atoms with van der Waals surface area (Å²) in [5.41, 5.74) is 16.6. The third kappa shape index (κ3) is 7.49. The minimum absolute atomic E-state index is 0.0545. The average molecular weight is 636 g/mol. The van der Waals surface area contributed by atoms with Gasteiger partial charge in [-0.2, -0.15) is 0 Å². The maximum atomic E-state index is 14.3. The molecule has 1 amide bonds. The zero-order valence-electron chi connectivity index (χ0n) is 23.7. The SMILES string of the molecule is CC(C)CNNC(=O)[C@@]1(Cc2ccccc2Br)N=C(c2ccc(OCCCO)cc2)O[C@H]1c1ccccc1CN=[N+]=[N-]. The van der Waals surface area contributed by atoms with Crippen LogP contribution in [0.4, 0.5) is 0 Å². The van der Waals surface area contributed by atoms with Crippen molar-refractivity contribution in [2.24, 2.45) is 16.0 Å². The van der Waals surface area contributed by atoms with E-state index in [4.69, 9.17) is 25.1 Å². The van der Waals surface area contributed by atoms with Gasteiger partial charge in [0, 0.05) is 40.9 Å². The highest BCUT2D eigenvalue weighted by Gasteiger charge is 2.54. The van der Waals surface area contributed by atoms with Crippen LogP contribution in [0, 0.1) is 5.92 Å². The van der Waals surface area contributed by atoms with Crippen LogP contribution in [-0.4, -0.2) is 42.2 Å². The molecule has 0 fully saturated rings. The standard InChI is InChI=1S/C31H35BrN6O4/c1-21(2)19-34-37-30(40)31(18-23-8-4-6-11-27(23)32)28(26-10-5-3-9-24(26)20-35-38-33)42-29(36-31)22-12-14-25(15-13-22)41-17-7-16-39/h3-6,8-15,21,28,34,39H,7,16-20H2,1-2H3,(H,37,40)/t28-,31-/m0/s1. The minimum Gasteiger partial charge on any atom is -0.494 e. The summed E-state index contributed by atoms with van der Waals surface area (Å²) in [5, 5.41) is 12.8. The molecule has 42 heavy (non-hydrogen) atoms. The number of hydrogen-bond acceptors (Lipinski definition) is 7. The topological polar surface area (TPSA) is 141 Å². The molecule has 220 valence electrons. The van der Waals surface area contributed by atoms with Gasteiger partial charge in [0.1, 0.15) is 5.75 Å². The highest BCUT2D eigenvalue weighted by Crippen LogP contribution is 2.44. The van der Waals surface area contributed by atoms with E-state index < -0.39 is 11.6 Å². The summed E-state index contributed by atoms with van der Waals surface area (Å²) in [4.78, 5) is 22.2. The maximum absolute atomic E-state index is 14.3. The molecule has 0 saturated carbocycles. The molecule has 11 heteroatoms. The zero-order valence-corrected chi connectivity index (χ0v) is 25.3. The van der Waals surface area contributed by atoms with Gasteiger partial charge < -0.3 is 14.6 Å². The number of halogens is 1. The molecule has 3 aromatic carbocycles. The molecular weight excluding hydrogens is 600 g/mol. The molecule has 0 unspecified atom stereocenters. The van der Waals surface area contributed by atoms with Crippen molar-refractivity contribution in [3.05, 3.63) is 110 Å². The Labute approximate surface area is 253 Å². The van der Waals surface area contributed by atoms with Gasteiger partial charge in [-0.15, -0.1) is 0 Å². The van der Waals surface area contributed by atoms with Crippen LogP contribution in [-0.2, 0) is 22.5 Å². The van der Waals surface area contributed by atoms with Crippen molar-refractivity contribution in [1.29, 1.82) is 0 Å². The Morgan fingerprint density at radius 3 is 2.55 bits per heavy atom. The highest BCUT2D eigenvalue weighted by molar-refractivity contribution is 9.10. The summed E-state index contributed by atoms with van der Waals surface area (Å²) < 4.78 is 13.1. The number of carbonyl (C=O) groups is 1. The number of carbonyl (C=O) groups excluding carboxylic acids is 1. The molecule has 0 aliphatic carbocycles. The molecule has 0 radical (unpaired) electrons. The number of aliphatic imine (C=N–C) groups is 1. The van der Waals surface area contributed by atoms with Crippen molar-refractivity contribution in [2.75, 3.05) is 19.8 Å². The van der Waals surface area contributed by atoms with Gasteiger partial charge in [0.15, 0.2) is 11.6 Å². The summed E-state index contributed by atoms with van der Waals surface area (Å²) in [5.74, 6) is 0.923. The Balaban J connectivity index is 1.82. The van der Waals surface area contributed by atoms with E-state index in [0.717, 1.165) is 15.6 Å². The van der Waals surface area contributed by atoms with E-state index in [9.17, 15) is 4.79 Å². The quantitative estimate of drug-likeness (QED) is 0.0676. The maximum Gasteiger partial charge on any atom is 0.266 e. The number of ether oxygens (including phenoxy) is 2. The molecule has 1 heterocycles. The van der Waals surface area contributed by atoms with Gasteiger partial charge in [0.25, 0.3) is 5.91 Å². The van der Waals surface area contributed by atoms with Crippen LogP contribution in [0.15, 0.2) is 87.4 Å². The molecule has 0 aromatic heterocycles. The number of nitrogens with zero attached hydrogens (tertiary/aromatic N) is 4. The van der Waals surface area contributed by atoms with Crippen LogP contribution in [0.1, 0.15) is 48.6 Å². The molecule has 1 aliphatic heterocycles. The monoisotopic (exact) mass is 634 g/mol. The molecule has 0 bridgehead atoms. The van der Waals surface area contributed by atoms with Crippen molar-refractivity contribution in [1.82, 2.24) is 10.9 Å². The van der Waals surface area contributed by atoms with Crippen LogP contribution in [0.25, 0.3) is 10.4 Å². The Hall–Kier alpha value is -3.89. The average Bonchev–Trinajstić information content (AvgIpc) is 3.38. The van der Waals surface area contributed by atoms with Gasteiger partial charge in [-0.1, -0.05) is 77.4 Å². The summed E-state index contributed by atoms with van der Waals surface area (Å²) in [7, 11) is 0. The second-order valence-corrected chi connectivity index (χ2v) is 11.2.